The lowest BCUT2D eigenvalue weighted by Crippen LogP contribution is -2.24. The maximum atomic E-state index is 13.7. The first-order chi connectivity index (χ1) is 28.6. The number of rotatable bonds is 19. The average molecular weight is 831 g/mol. The van der Waals surface area contributed by atoms with Crippen LogP contribution < -0.4 is 20.3 Å². The quantitative estimate of drug-likeness (QED) is 0.0648. The van der Waals surface area contributed by atoms with Crippen LogP contribution in [0.1, 0.15) is 58.0 Å². The number of pyridine rings is 1. The minimum atomic E-state index is -4.81. The van der Waals surface area contributed by atoms with Crippen molar-refractivity contribution in [2.24, 2.45) is 7.05 Å². The Balaban J connectivity index is 0.861. The van der Waals surface area contributed by atoms with Gasteiger partial charge in [0.15, 0.2) is 5.65 Å². The minimum Gasteiger partial charge on any atom is -0.494 e. The number of alkyl halides is 3. The second kappa shape index (κ2) is 18.9. The maximum absolute atomic E-state index is 13.7. The van der Waals surface area contributed by atoms with Gasteiger partial charge in [-0.15, -0.1) is 11.3 Å². The molecule has 0 aliphatic rings. The van der Waals surface area contributed by atoms with E-state index in [1.807, 2.05) is 41.9 Å². The smallest absolute Gasteiger partial charge is 0.419 e. The molecule has 0 unspecified atom stereocenters. The van der Waals surface area contributed by atoms with Crippen molar-refractivity contribution in [1.82, 2.24) is 39.8 Å². The molecule has 59 heavy (non-hydrogen) atoms. The number of aliphatic hydroxyl groups excluding tert-OH is 1. The summed E-state index contributed by atoms with van der Waals surface area (Å²) in [4.78, 5) is 22.7. The number of benzene rings is 2. The number of fused-ring (bicyclic) bond motifs is 3. The number of unbranched alkanes of at least 4 members (excludes halogenated alkanes) is 1. The number of hydrogen-bond donors (Lipinski definition) is 2. The van der Waals surface area contributed by atoms with Gasteiger partial charge >= 0.3 is 6.18 Å². The van der Waals surface area contributed by atoms with E-state index < -0.39 is 17.6 Å². The first-order valence-electron chi connectivity index (χ1n) is 19.2. The van der Waals surface area contributed by atoms with Gasteiger partial charge in [-0.3, -0.25) is 9.78 Å². The van der Waals surface area contributed by atoms with Crippen molar-refractivity contribution < 1.29 is 32.1 Å². The molecule has 5 heterocycles. The van der Waals surface area contributed by atoms with Crippen LogP contribution in [0.3, 0.4) is 0 Å². The molecule has 0 aliphatic carbocycles. The van der Waals surface area contributed by atoms with Crippen LogP contribution in [0.15, 0.2) is 83.9 Å². The van der Waals surface area contributed by atoms with Crippen LogP contribution >= 0.6 is 11.3 Å². The highest BCUT2D eigenvalue weighted by atomic mass is 32.1. The number of aryl methyl sites for hydroxylation is 4. The lowest BCUT2D eigenvalue weighted by atomic mass is 10.1. The number of ether oxygens (including phenoxy) is 2. The Morgan fingerprint density at radius 2 is 1.75 bits per heavy atom. The number of nitrogens with zero attached hydrogens (tertiary/aromatic N) is 7. The Hall–Kier alpha value is -5.78. The summed E-state index contributed by atoms with van der Waals surface area (Å²) in [6, 6.07) is 17.7. The van der Waals surface area contributed by atoms with Gasteiger partial charge in [0.25, 0.3) is 5.56 Å². The number of aromatic nitrogens is 7. The average Bonchev–Trinajstić information content (AvgIpc) is 3.76. The largest absolute Gasteiger partial charge is 0.494 e. The van der Waals surface area contributed by atoms with E-state index in [1.165, 1.54) is 10.7 Å². The SMILES string of the molecule is Cn1c2nc(Cc3ccccn3)sc2c2cnn(CCCc3ccc(CCCCOc4ccc(OCc5ccc(F)c(C(F)(F)F)c5)c(CNCCO)c4)nn3)c(=O)c21. The molecule has 7 rings (SSSR count). The van der Waals surface area contributed by atoms with Gasteiger partial charge in [0.05, 0.1) is 41.1 Å². The highest BCUT2D eigenvalue weighted by Crippen LogP contribution is 2.33. The van der Waals surface area contributed by atoms with Crippen LogP contribution in [0.25, 0.3) is 21.3 Å². The monoisotopic (exact) mass is 830 g/mol. The molecule has 5 aromatic heterocycles. The molecule has 2 N–H and O–H groups in total. The highest BCUT2D eigenvalue weighted by molar-refractivity contribution is 7.19. The summed E-state index contributed by atoms with van der Waals surface area (Å²) in [7, 11) is 1.86. The molecule has 2 aromatic carbocycles. The number of aliphatic hydroxyl groups is 1. The van der Waals surface area contributed by atoms with Gasteiger partial charge < -0.3 is 24.5 Å². The van der Waals surface area contributed by atoms with Gasteiger partial charge in [0, 0.05) is 55.9 Å². The number of thiazole rings is 1. The third kappa shape index (κ3) is 10.3. The van der Waals surface area contributed by atoms with E-state index in [-0.39, 0.29) is 24.3 Å². The highest BCUT2D eigenvalue weighted by Gasteiger charge is 2.34. The molecule has 0 saturated carbocycles. The summed E-state index contributed by atoms with van der Waals surface area (Å²) in [6.07, 6.45) is 2.92. The van der Waals surface area contributed by atoms with Crippen LogP contribution in [-0.4, -0.2) is 59.4 Å². The predicted molar refractivity (Wildman–Crippen MR) is 215 cm³/mol. The fourth-order valence-electron chi connectivity index (χ4n) is 6.65. The Morgan fingerprint density at radius 1 is 0.932 bits per heavy atom. The van der Waals surface area contributed by atoms with Crippen molar-refractivity contribution in [3.63, 3.8) is 0 Å². The van der Waals surface area contributed by atoms with Crippen LogP contribution in [0.5, 0.6) is 11.5 Å². The van der Waals surface area contributed by atoms with Crippen molar-refractivity contribution in [3.05, 3.63) is 134 Å². The molecular weight excluding hydrogens is 789 g/mol. The molecule has 0 saturated heterocycles. The molecule has 0 aliphatic heterocycles. The third-order valence-corrected chi connectivity index (χ3v) is 10.7. The maximum Gasteiger partial charge on any atom is 0.419 e. The predicted octanol–water partition coefficient (Wildman–Crippen LogP) is 6.97. The molecular formula is C42H42F4N8O4S. The first-order valence-corrected chi connectivity index (χ1v) is 20.0. The topological polar surface area (TPSA) is 142 Å². The van der Waals surface area contributed by atoms with Crippen molar-refractivity contribution in [2.45, 2.75) is 64.4 Å². The van der Waals surface area contributed by atoms with E-state index in [4.69, 9.17) is 14.5 Å². The molecule has 0 bridgehead atoms. The van der Waals surface area contributed by atoms with E-state index in [0.717, 1.165) is 62.8 Å². The van der Waals surface area contributed by atoms with Gasteiger partial charge in [-0.25, -0.2) is 14.1 Å². The first kappa shape index (κ1) is 41.4. The standard InChI is InChI=1S/C42H42F4N8O4S/c1-53-38-33(39-40(53)50-37(59-39)23-31-8-2-4-16-48-31)25-49-54(41(38)56)18-6-9-30-12-11-29(51-52-30)7-3-5-20-57-32-13-15-36(28(22-32)24-47-17-19-55)58-26-27-10-14-35(43)34(21-27)42(44,45)46/h2,4,8,10-16,21-22,25,47,55H,3,5-7,9,17-20,23-24,26H2,1H3. The van der Waals surface area contributed by atoms with Gasteiger partial charge in [-0.1, -0.05) is 12.1 Å². The third-order valence-electron chi connectivity index (χ3n) is 9.67. The van der Waals surface area contributed by atoms with Gasteiger partial charge in [-0.2, -0.15) is 28.5 Å². The van der Waals surface area contributed by atoms with Crippen molar-refractivity contribution in [1.29, 1.82) is 0 Å². The molecule has 0 atom stereocenters. The van der Waals surface area contributed by atoms with Gasteiger partial charge in [-0.05, 0) is 92.3 Å². The number of nitrogens with one attached hydrogen (secondary N) is 1. The van der Waals surface area contributed by atoms with E-state index in [9.17, 15) is 27.5 Å². The van der Waals surface area contributed by atoms with E-state index in [0.29, 0.717) is 74.5 Å². The van der Waals surface area contributed by atoms with Crippen molar-refractivity contribution >= 4 is 32.6 Å². The van der Waals surface area contributed by atoms with Crippen molar-refractivity contribution in [3.8, 4) is 11.5 Å². The molecule has 17 heteroatoms. The lowest BCUT2D eigenvalue weighted by molar-refractivity contribution is -0.140. The Kier molecular flexibility index (Phi) is 13.2. The van der Waals surface area contributed by atoms with E-state index >= 15 is 0 Å². The van der Waals surface area contributed by atoms with E-state index in [1.54, 1.807) is 41.9 Å². The molecule has 0 spiro atoms. The summed E-state index contributed by atoms with van der Waals surface area (Å²) in [5, 5.41) is 27.3. The summed E-state index contributed by atoms with van der Waals surface area (Å²) in [6.45, 7) is 1.26. The van der Waals surface area contributed by atoms with Crippen molar-refractivity contribution in [2.75, 3.05) is 19.8 Å². The summed E-state index contributed by atoms with van der Waals surface area (Å²) in [5.41, 5.74) is 3.35. The fraction of sp³-hybridized carbons (Fsp3) is 0.333. The fourth-order valence-corrected chi connectivity index (χ4v) is 7.78. The second-order valence-corrected chi connectivity index (χ2v) is 15.0. The Morgan fingerprint density at radius 3 is 2.49 bits per heavy atom. The Labute approximate surface area is 340 Å². The van der Waals surface area contributed by atoms with Gasteiger partial charge in [0.1, 0.15) is 34.4 Å². The molecule has 308 valence electrons. The molecule has 12 nitrogen and oxygen atoms in total. The van der Waals surface area contributed by atoms with Crippen LogP contribution in [0, 0.1) is 5.82 Å². The second-order valence-electron chi connectivity index (χ2n) is 13.9. The summed E-state index contributed by atoms with van der Waals surface area (Å²) >= 11 is 1.56. The lowest BCUT2D eigenvalue weighted by Gasteiger charge is -2.15. The van der Waals surface area contributed by atoms with Crippen LogP contribution in [-0.2, 0) is 52.2 Å². The minimum absolute atomic E-state index is 0.0742. The normalized spacial score (nSPS) is 11.8. The molecule has 7 aromatic rings. The van der Waals surface area contributed by atoms with Gasteiger partial charge in [0.2, 0.25) is 0 Å². The van der Waals surface area contributed by atoms with E-state index in [2.05, 4.69) is 25.6 Å². The molecule has 0 radical (unpaired) electrons. The van der Waals surface area contributed by atoms with Crippen LogP contribution in [0.4, 0.5) is 17.6 Å². The zero-order chi connectivity index (χ0) is 41.4. The summed E-state index contributed by atoms with van der Waals surface area (Å²) < 4.78 is 69.3. The Bertz CT molecular complexity index is 2560. The molecule has 0 amide bonds. The van der Waals surface area contributed by atoms with Crippen LogP contribution in [0.2, 0.25) is 0 Å². The molecule has 0 fully saturated rings. The zero-order valence-electron chi connectivity index (χ0n) is 32.2. The zero-order valence-corrected chi connectivity index (χ0v) is 33.0. The number of halogens is 4. The summed E-state index contributed by atoms with van der Waals surface area (Å²) in [5.74, 6) is -0.328. The number of hydrogen-bond acceptors (Lipinski definition) is 11.